The van der Waals surface area contributed by atoms with E-state index in [1.54, 1.807) is 6.20 Å². The first-order valence-electron chi connectivity index (χ1n) is 5.37. The van der Waals surface area contributed by atoms with Crippen molar-refractivity contribution >= 4 is 23.1 Å². The van der Waals surface area contributed by atoms with Crippen molar-refractivity contribution in [3.05, 3.63) is 17.3 Å². The third-order valence-electron chi connectivity index (χ3n) is 2.61. The van der Waals surface area contributed by atoms with Crippen molar-refractivity contribution in [1.82, 2.24) is 4.98 Å². The fourth-order valence-electron chi connectivity index (χ4n) is 1.98. The fraction of sp³-hybridized carbons (Fsp3) is 0.545. The summed E-state index contributed by atoms with van der Waals surface area (Å²) >= 11 is 5.85. The van der Waals surface area contributed by atoms with E-state index in [2.05, 4.69) is 23.7 Å². The molecule has 0 bridgehead atoms. The minimum Gasteiger partial charge on any atom is -0.397 e. The summed E-state index contributed by atoms with van der Waals surface area (Å²) < 4.78 is 5.67. The smallest absolute Gasteiger partial charge is 0.130 e. The number of hydrogen-bond donors (Lipinski definition) is 1. The Hall–Kier alpha value is -1.00. The summed E-state index contributed by atoms with van der Waals surface area (Å²) in [7, 11) is 0. The molecule has 1 aliphatic rings. The van der Waals surface area contributed by atoms with Crippen LogP contribution in [0.2, 0.25) is 5.02 Å². The lowest BCUT2D eigenvalue weighted by Gasteiger charge is -2.36. The van der Waals surface area contributed by atoms with Gasteiger partial charge in [0.05, 0.1) is 22.9 Å². The minimum atomic E-state index is 0.211. The van der Waals surface area contributed by atoms with Crippen molar-refractivity contribution in [3.8, 4) is 0 Å². The van der Waals surface area contributed by atoms with E-state index in [0.717, 1.165) is 18.9 Å². The number of aromatic nitrogens is 1. The van der Waals surface area contributed by atoms with Gasteiger partial charge in [-0.2, -0.15) is 0 Å². The molecule has 0 spiro atoms. The molecule has 88 valence electrons. The summed E-state index contributed by atoms with van der Waals surface area (Å²) in [4.78, 5) is 6.46. The lowest BCUT2D eigenvalue weighted by atomic mass is 10.2. The molecule has 0 aliphatic carbocycles. The summed E-state index contributed by atoms with van der Waals surface area (Å²) in [5.74, 6) is 0.865. The number of halogens is 1. The minimum absolute atomic E-state index is 0.211. The van der Waals surface area contributed by atoms with Crippen LogP contribution in [0.15, 0.2) is 12.3 Å². The molecule has 2 atom stereocenters. The van der Waals surface area contributed by atoms with Crippen LogP contribution >= 0.6 is 11.6 Å². The Balaban J connectivity index is 2.19. The van der Waals surface area contributed by atoms with Gasteiger partial charge in [-0.3, -0.25) is 0 Å². The molecule has 1 aliphatic heterocycles. The third-order valence-corrected chi connectivity index (χ3v) is 2.93. The predicted octanol–water partition coefficient (Wildman–Crippen LogP) is 1.93. The van der Waals surface area contributed by atoms with Gasteiger partial charge in [0.2, 0.25) is 0 Å². The molecule has 1 saturated heterocycles. The SMILES string of the molecule is C[C@@H]1CN(c2cc(N)c(Cl)cn2)C[C@H](C)O1. The van der Waals surface area contributed by atoms with Gasteiger partial charge in [-0.15, -0.1) is 0 Å². The lowest BCUT2D eigenvalue weighted by Crippen LogP contribution is -2.45. The quantitative estimate of drug-likeness (QED) is 0.816. The lowest BCUT2D eigenvalue weighted by molar-refractivity contribution is -0.00545. The topological polar surface area (TPSA) is 51.4 Å². The zero-order valence-electron chi connectivity index (χ0n) is 9.48. The Kier molecular flexibility index (Phi) is 3.21. The van der Waals surface area contributed by atoms with Crippen molar-refractivity contribution in [1.29, 1.82) is 0 Å². The van der Waals surface area contributed by atoms with Gasteiger partial charge < -0.3 is 15.4 Å². The van der Waals surface area contributed by atoms with Crippen LogP contribution in [0.3, 0.4) is 0 Å². The van der Waals surface area contributed by atoms with Crippen LogP contribution in [0.4, 0.5) is 11.5 Å². The molecule has 2 rings (SSSR count). The largest absolute Gasteiger partial charge is 0.397 e. The second kappa shape index (κ2) is 4.47. The monoisotopic (exact) mass is 241 g/mol. The van der Waals surface area contributed by atoms with Crippen LogP contribution in [0.25, 0.3) is 0 Å². The summed E-state index contributed by atoms with van der Waals surface area (Å²) in [6, 6.07) is 1.81. The zero-order chi connectivity index (χ0) is 11.7. The average Bonchev–Trinajstić information content (AvgIpc) is 2.20. The van der Waals surface area contributed by atoms with Crippen molar-refractivity contribution < 1.29 is 4.74 Å². The van der Waals surface area contributed by atoms with E-state index in [1.807, 2.05) is 6.07 Å². The highest BCUT2D eigenvalue weighted by atomic mass is 35.5. The molecule has 0 amide bonds. The van der Waals surface area contributed by atoms with Crippen LogP contribution in [0.1, 0.15) is 13.8 Å². The maximum Gasteiger partial charge on any atom is 0.130 e. The molecule has 0 aromatic carbocycles. The number of rotatable bonds is 1. The first-order valence-corrected chi connectivity index (χ1v) is 5.75. The van der Waals surface area contributed by atoms with Crippen molar-refractivity contribution in [2.24, 2.45) is 0 Å². The third kappa shape index (κ3) is 2.39. The van der Waals surface area contributed by atoms with Gasteiger partial charge in [-0.1, -0.05) is 11.6 Å². The van der Waals surface area contributed by atoms with Crippen LogP contribution < -0.4 is 10.6 Å². The van der Waals surface area contributed by atoms with Gasteiger partial charge in [0.15, 0.2) is 0 Å². The summed E-state index contributed by atoms with van der Waals surface area (Å²) in [5.41, 5.74) is 6.33. The van der Waals surface area contributed by atoms with Gasteiger partial charge in [0, 0.05) is 25.4 Å². The van der Waals surface area contributed by atoms with E-state index < -0.39 is 0 Å². The molecular weight excluding hydrogens is 226 g/mol. The molecular formula is C11H16ClN3O. The number of hydrogen-bond acceptors (Lipinski definition) is 4. The molecule has 2 N–H and O–H groups in total. The predicted molar refractivity (Wildman–Crippen MR) is 65.9 cm³/mol. The molecule has 0 unspecified atom stereocenters. The van der Waals surface area contributed by atoms with Crippen molar-refractivity contribution in [2.45, 2.75) is 26.1 Å². The van der Waals surface area contributed by atoms with Crippen LogP contribution in [0, 0.1) is 0 Å². The maximum atomic E-state index is 5.85. The summed E-state index contributed by atoms with van der Waals surface area (Å²) in [5, 5.41) is 0.498. The molecule has 4 nitrogen and oxygen atoms in total. The van der Waals surface area contributed by atoms with Gasteiger partial charge in [0.25, 0.3) is 0 Å². The number of anilines is 2. The van der Waals surface area contributed by atoms with Crippen molar-refractivity contribution in [3.63, 3.8) is 0 Å². The van der Waals surface area contributed by atoms with Gasteiger partial charge in [0.1, 0.15) is 5.82 Å². The molecule has 0 saturated carbocycles. The van der Waals surface area contributed by atoms with Crippen molar-refractivity contribution in [2.75, 3.05) is 23.7 Å². The van der Waals surface area contributed by atoms with E-state index in [4.69, 9.17) is 22.1 Å². The Morgan fingerprint density at radius 3 is 2.62 bits per heavy atom. The normalized spacial score (nSPS) is 25.8. The second-order valence-electron chi connectivity index (χ2n) is 4.23. The molecule has 1 aromatic heterocycles. The van der Waals surface area contributed by atoms with E-state index >= 15 is 0 Å². The van der Waals surface area contributed by atoms with Gasteiger partial charge >= 0.3 is 0 Å². The van der Waals surface area contributed by atoms with E-state index in [-0.39, 0.29) is 12.2 Å². The Morgan fingerprint density at radius 2 is 2.06 bits per heavy atom. The Morgan fingerprint density at radius 1 is 1.44 bits per heavy atom. The molecule has 5 heteroatoms. The molecule has 16 heavy (non-hydrogen) atoms. The number of pyridine rings is 1. The maximum absolute atomic E-state index is 5.85. The summed E-state index contributed by atoms with van der Waals surface area (Å²) in [6.07, 6.45) is 2.02. The zero-order valence-corrected chi connectivity index (χ0v) is 10.2. The molecule has 2 heterocycles. The number of morpholine rings is 1. The van der Waals surface area contributed by atoms with Crippen LogP contribution in [-0.2, 0) is 4.74 Å². The summed E-state index contributed by atoms with van der Waals surface area (Å²) in [6.45, 7) is 5.78. The first-order chi connectivity index (χ1) is 7.56. The Labute approximate surface area is 100 Å². The molecule has 0 radical (unpaired) electrons. The Bertz CT molecular complexity index is 375. The number of nitrogen functional groups attached to an aromatic ring is 1. The standard InChI is InChI=1S/C11H16ClN3O/c1-7-5-15(6-8(2)16-7)11-3-10(13)9(12)4-14-11/h3-4,7-8H,5-6H2,1-2H3,(H2,13,14)/t7-,8+. The second-order valence-corrected chi connectivity index (χ2v) is 4.63. The van der Waals surface area contributed by atoms with E-state index in [0.29, 0.717) is 10.7 Å². The van der Waals surface area contributed by atoms with E-state index in [1.165, 1.54) is 0 Å². The first kappa shape index (κ1) is 11.5. The van der Waals surface area contributed by atoms with Crippen LogP contribution in [0.5, 0.6) is 0 Å². The van der Waals surface area contributed by atoms with Crippen LogP contribution in [-0.4, -0.2) is 30.3 Å². The highest BCUT2D eigenvalue weighted by Crippen LogP contribution is 2.24. The molecule has 1 fully saturated rings. The van der Waals surface area contributed by atoms with Gasteiger partial charge in [-0.05, 0) is 13.8 Å². The molecule has 1 aromatic rings. The number of nitrogens with zero attached hydrogens (tertiary/aromatic N) is 2. The fourth-order valence-corrected chi connectivity index (χ4v) is 2.08. The van der Waals surface area contributed by atoms with E-state index in [9.17, 15) is 0 Å². The van der Waals surface area contributed by atoms with Gasteiger partial charge in [-0.25, -0.2) is 4.98 Å². The highest BCUT2D eigenvalue weighted by molar-refractivity contribution is 6.32. The average molecular weight is 242 g/mol. The highest BCUT2D eigenvalue weighted by Gasteiger charge is 2.23. The number of nitrogens with two attached hydrogens (primary N) is 1. The number of ether oxygens (including phenoxy) is 1.